The van der Waals surface area contributed by atoms with Gasteiger partial charge in [0.05, 0.1) is 5.69 Å². The summed E-state index contributed by atoms with van der Waals surface area (Å²) in [6, 6.07) is 7.48. The highest BCUT2D eigenvalue weighted by Gasteiger charge is 2.31. The number of piperidine rings is 1. The molecular formula is C20H29N3O3. The first kappa shape index (κ1) is 18.7. The number of nitrogens with zero attached hydrogens (tertiary/aromatic N) is 2. The molecule has 3 rings (SSSR count). The Morgan fingerprint density at radius 2 is 2.00 bits per heavy atom. The highest BCUT2D eigenvalue weighted by molar-refractivity contribution is 6.00. The van der Waals surface area contributed by atoms with E-state index in [-0.39, 0.29) is 11.8 Å². The van der Waals surface area contributed by atoms with E-state index in [1.54, 1.807) is 11.8 Å². The van der Waals surface area contributed by atoms with Gasteiger partial charge in [-0.2, -0.15) is 0 Å². The molecule has 1 fully saturated rings. The van der Waals surface area contributed by atoms with E-state index in [1.165, 1.54) is 0 Å². The summed E-state index contributed by atoms with van der Waals surface area (Å²) < 4.78 is 5.63. The Balaban J connectivity index is 1.48. The molecule has 0 radical (unpaired) electrons. The van der Waals surface area contributed by atoms with Crippen LogP contribution in [0.1, 0.15) is 33.1 Å². The van der Waals surface area contributed by atoms with Gasteiger partial charge in [-0.15, -0.1) is 0 Å². The Bertz CT molecular complexity index is 641. The van der Waals surface area contributed by atoms with E-state index in [0.29, 0.717) is 24.6 Å². The first-order chi connectivity index (χ1) is 12.6. The van der Waals surface area contributed by atoms with Gasteiger partial charge in [-0.05, 0) is 57.5 Å². The Kier molecular flexibility index (Phi) is 6.14. The number of para-hydroxylation sites is 2. The van der Waals surface area contributed by atoms with E-state index in [1.807, 2.05) is 24.3 Å². The number of anilines is 1. The minimum absolute atomic E-state index is 0.00680. The van der Waals surface area contributed by atoms with Crippen LogP contribution >= 0.6 is 0 Å². The number of carbonyl (C=O) groups is 2. The van der Waals surface area contributed by atoms with Gasteiger partial charge in [0.1, 0.15) is 5.75 Å². The smallest absolute Gasteiger partial charge is 0.267 e. The number of hydrogen-bond acceptors (Lipinski definition) is 4. The minimum atomic E-state index is -0.517. The Morgan fingerprint density at radius 3 is 2.73 bits per heavy atom. The maximum atomic E-state index is 12.4. The van der Waals surface area contributed by atoms with E-state index in [4.69, 9.17) is 4.74 Å². The molecule has 0 saturated carbocycles. The van der Waals surface area contributed by atoms with Crippen molar-refractivity contribution in [2.24, 2.45) is 5.92 Å². The van der Waals surface area contributed by atoms with E-state index in [9.17, 15) is 9.59 Å². The summed E-state index contributed by atoms with van der Waals surface area (Å²) in [5, 5.41) is 3.05. The molecule has 1 saturated heterocycles. The molecular weight excluding hydrogens is 330 g/mol. The normalized spacial score (nSPS) is 21.2. The molecule has 1 N–H and O–H groups in total. The summed E-state index contributed by atoms with van der Waals surface area (Å²) in [5.41, 5.74) is 0.746. The van der Waals surface area contributed by atoms with Gasteiger partial charge in [0.25, 0.3) is 5.91 Å². The van der Waals surface area contributed by atoms with Gasteiger partial charge in [0, 0.05) is 19.5 Å². The zero-order valence-electron chi connectivity index (χ0n) is 15.7. The molecule has 2 aliphatic rings. The van der Waals surface area contributed by atoms with Crippen molar-refractivity contribution in [1.82, 2.24) is 10.2 Å². The highest BCUT2D eigenvalue weighted by Crippen LogP contribution is 2.33. The predicted octanol–water partition coefficient (Wildman–Crippen LogP) is 2.04. The molecule has 0 spiro atoms. The number of fused-ring (bicyclic) bond motifs is 1. The maximum Gasteiger partial charge on any atom is 0.267 e. The average Bonchev–Trinajstić information content (AvgIpc) is 2.67. The molecule has 0 aromatic heterocycles. The SMILES string of the molecule is CCN1CCC(CNC(=O)CCN2C(=O)[C@H](C)Oc3ccccc32)CC1. The molecule has 2 amide bonds. The second-order valence-corrected chi connectivity index (χ2v) is 7.15. The van der Waals surface area contributed by atoms with Gasteiger partial charge in [-0.3, -0.25) is 9.59 Å². The lowest BCUT2D eigenvalue weighted by Crippen LogP contribution is -2.46. The molecule has 6 nitrogen and oxygen atoms in total. The quantitative estimate of drug-likeness (QED) is 0.844. The van der Waals surface area contributed by atoms with Crippen molar-refractivity contribution in [3.8, 4) is 5.75 Å². The van der Waals surface area contributed by atoms with Gasteiger partial charge < -0.3 is 19.9 Å². The number of rotatable bonds is 6. The Morgan fingerprint density at radius 1 is 1.27 bits per heavy atom. The minimum Gasteiger partial charge on any atom is -0.479 e. The third-order valence-corrected chi connectivity index (χ3v) is 5.38. The van der Waals surface area contributed by atoms with E-state index in [2.05, 4.69) is 17.1 Å². The topological polar surface area (TPSA) is 61.9 Å². The zero-order chi connectivity index (χ0) is 18.5. The number of likely N-dealkylation sites (tertiary alicyclic amines) is 1. The van der Waals surface area contributed by atoms with Crippen LogP contribution in [0.3, 0.4) is 0 Å². The Hall–Kier alpha value is -2.08. The van der Waals surface area contributed by atoms with E-state index < -0.39 is 6.10 Å². The Labute approximate surface area is 155 Å². The number of benzene rings is 1. The van der Waals surface area contributed by atoms with Crippen molar-refractivity contribution in [3.05, 3.63) is 24.3 Å². The molecule has 142 valence electrons. The summed E-state index contributed by atoms with van der Waals surface area (Å²) in [4.78, 5) is 28.8. The van der Waals surface area contributed by atoms with Crippen LogP contribution in [0.5, 0.6) is 5.75 Å². The van der Waals surface area contributed by atoms with Crippen molar-refractivity contribution < 1.29 is 14.3 Å². The van der Waals surface area contributed by atoms with Crippen LogP contribution < -0.4 is 15.0 Å². The van der Waals surface area contributed by atoms with Gasteiger partial charge >= 0.3 is 0 Å². The lowest BCUT2D eigenvalue weighted by molar-refractivity contribution is -0.125. The zero-order valence-corrected chi connectivity index (χ0v) is 15.7. The van der Waals surface area contributed by atoms with Crippen LogP contribution in [0.25, 0.3) is 0 Å². The summed E-state index contributed by atoms with van der Waals surface area (Å²) in [6.45, 7) is 8.39. The van der Waals surface area contributed by atoms with Crippen LogP contribution in [0.15, 0.2) is 24.3 Å². The molecule has 0 bridgehead atoms. The highest BCUT2D eigenvalue weighted by atomic mass is 16.5. The molecule has 0 unspecified atom stereocenters. The van der Waals surface area contributed by atoms with Crippen molar-refractivity contribution >= 4 is 17.5 Å². The molecule has 2 heterocycles. The number of ether oxygens (including phenoxy) is 1. The molecule has 1 aromatic carbocycles. The first-order valence-corrected chi connectivity index (χ1v) is 9.64. The fraction of sp³-hybridized carbons (Fsp3) is 0.600. The monoisotopic (exact) mass is 359 g/mol. The first-order valence-electron chi connectivity index (χ1n) is 9.64. The lowest BCUT2D eigenvalue weighted by Gasteiger charge is -2.33. The van der Waals surface area contributed by atoms with Crippen molar-refractivity contribution in [1.29, 1.82) is 0 Å². The van der Waals surface area contributed by atoms with Crippen LogP contribution in [-0.4, -0.2) is 55.5 Å². The van der Waals surface area contributed by atoms with Gasteiger partial charge in [-0.25, -0.2) is 0 Å². The second-order valence-electron chi connectivity index (χ2n) is 7.15. The molecule has 1 atom stereocenters. The predicted molar refractivity (Wildman–Crippen MR) is 101 cm³/mol. The van der Waals surface area contributed by atoms with E-state index in [0.717, 1.165) is 44.7 Å². The third-order valence-electron chi connectivity index (χ3n) is 5.38. The molecule has 1 aromatic rings. The van der Waals surface area contributed by atoms with Crippen molar-refractivity contribution in [2.45, 2.75) is 39.2 Å². The van der Waals surface area contributed by atoms with E-state index >= 15 is 0 Å². The second kappa shape index (κ2) is 8.54. The molecule has 6 heteroatoms. The van der Waals surface area contributed by atoms with Gasteiger partial charge in [0.2, 0.25) is 5.91 Å². The lowest BCUT2D eigenvalue weighted by atomic mass is 9.97. The number of amides is 2. The van der Waals surface area contributed by atoms with Crippen molar-refractivity contribution in [2.75, 3.05) is 37.6 Å². The third kappa shape index (κ3) is 4.36. The molecule has 0 aliphatic carbocycles. The van der Waals surface area contributed by atoms with Crippen molar-refractivity contribution in [3.63, 3.8) is 0 Å². The summed E-state index contributed by atoms with van der Waals surface area (Å²) in [7, 11) is 0. The van der Waals surface area contributed by atoms with Crippen LogP contribution in [0, 0.1) is 5.92 Å². The summed E-state index contributed by atoms with van der Waals surface area (Å²) in [5.74, 6) is 1.17. The van der Waals surface area contributed by atoms with Crippen LogP contribution in [0.4, 0.5) is 5.69 Å². The van der Waals surface area contributed by atoms with Gasteiger partial charge in [-0.1, -0.05) is 19.1 Å². The summed E-state index contributed by atoms with van der Waals surface area (Å²) in [6.07, 6.45) is 2.07. The number of hydrogen-bond donors (Lipinski definition) is 1. The maximum absolute atomic E-state index is 12.4. The van der Waals surface area contributed by atoms with Crippen LogP contribution in [-0.2, 0) is 9.59 Å². The number of carbonyl (C=O) groups excluding carboxylic acids is 2. The molecule has 26 heavy (non-hydrogen) atoms. The molecule has 2 aliphatic heterocycles. The standard InChI is InChI=1S/C20H29N3O3/c1-3-22-11-8-16(9-12-22)14-21-19(24)10-13-23-17-6-4-5-7-18(17)26-15(2)20(23)25/h4-7,15-16H,3,8-14H2,1-2H3,(H,21,24)/t15-/m0/s1. The fourth-order valence-electron chi connectivity index (χ4n) is 3.66. The largest absolute Gasteiger partial charge is 0.479 e. The van der Waals surface area contributed by atoms with Crippen LogP contribution in [0.2, 0.25) is 0 Å². The summed E-state index contributed by atoms with van der Waals surface area (Å²) >= 11 is 0. The van der Waals surface area contributed by atoms with Gasteiger partial charge in [0.15, 0.2) is 6.10 Å². The average molecular weight is 359 g/mol. The number of nitrogens with one attached hydrogen (secondary N) is 1. The fourth-order valence-corrected chi connectivity index (χ4v) is 3.66.